The molecule has 0 bridgehead atoms. The number of halogens is 1. The van der Waals surface area contributed by atoms with E-state index < -0.39 is 0 Å². The summed E-state index contributed by atoms with van der Waals surface area (Å²) in [4.78, 5) is 13.5. The Balaban J connectivity index is 1.90. The zero-order valence-corrected chi connectivity index (χ0v) is 11.0. The highest BCUT2D eigenvalue weighted by Crippen LogP contribution is 2.18. The fourth-order valence-electron chi connectivity index (χ4n) is 1.75. The Morgan fingerprint density at radius 1 is 1.29 bits per heavy atom. The van der Waals surface area contributed by atoms with Gasteiger partial charge in [-0.05, 0) is 37.1 Å². The average Bonchev–Trinajstić information content (AvgIpc) is 2.33. The number of likely N-dealkylation sites (tertiary alicyclic amines) is 1. The van der Waals surface area contributed by atoms with Crippen molar-refractivity contribution in [1.82, 2.24) is 4.90 Å². The summed E-state index contributed by atoms with van der Waals surface area (Å²) < 4.78 is 6.23. The number of nitrogens with zero attached hydrogens (tertiary/aromatic N) is 1. The second-order valence-electron chi connectivity index (χ2n) is 4.15. The van der Waals surface area contributed by atoms with E-state index in [-0.39, 0.29) is 12.1 Å². The topological polar surface area (TPSA) is 55.6 Å². The van der Waals surface area contributed by atoms with Crippen LogP contribution in [0.1, 0.15) is 12.8 Å². The molecule has 0 aliphatic carbocycles. The van der Waals surface area contributed by atoms with E-state index in [1.807, 2.05) is 12.1 Å². The molecule has 2 N–H and O–H groups in total. The minimum Gasteiger partial charge on any atom is -0.410 e. The van der Waals surface area contributed by atoms with E-state index in [1.54, 1.807) is 17.0 Å². The molecule has 0 unspecified atom stereocenters. The minimum atomic E-state index is -0.292. The summed E-state index contributed by atoms with van der Waals surface area (Å²) in [6.45, 7) is 1.35. The van der Waals surface area contributed by atoms with Crippen molar-refractivity contribution in [2.24, 2.45) is 5.73 Å². The Morgan fingerprint density at radius 3 is 2.47 bits per heavy atom. The molecule has 2 rings (SSSR count). The van der Waals surface area contributed by atoms with Gasteiger partial charge < -0.3 is 15.4 Å². The van der Waals surface area contributed by atoms with Crippen LogP contribution in [-0.2, 0) is 0 Å². The summed E-state index contributed by atoms with van der Waals surface area (Å²) in [6.07, 6.45) is 1.39. The van der Waals surface area contributed by atoms with Crippen LogP contribution < -0.4 is 10.5 Å². The first-order valence-corrected chi connectivity index (χ1v) is 6.42. The van der Waals surface area contributed by atoms with Crippen LogP contribution in [0.15, 0.2) is 28.7 Å². The van der Waals surface area contributed by atoms with E-state index in [0.29, 0.717) is 18.8 Å². The standard InChI is InChI=1S/C12H15BrN2O2/c13-9-1-3-11(4-2-9)17-12(16)15-7-5-10(14)6-8-15/h1-4,10H,5-8,14H2. The number of ether oxygens (including phenoxy) is 1. The number of hydrogen-bond acceptors (Lipinski definition) is 3. The van der Waals surface area contributed by atoms with E-state index in [4.69, 9.17) is 10.5 Å². The molecular formula is C12H15BrN2O2. The van der Waals surface area contributed by atoms with Crippen LogP contribution >= 0.6 is 15.9 Å². The monoisotopic (exact) mass is 298 g/mol. The molecule has 1 amide bonds. The Kier molecular flexibility index (Phi) is 4.02. The normalized spacial score (nSPS) is 16.9. The van der Waals surface area contributed by atoms with E-state index in [9.17, 15) is 4.79 Å². The van der Waals surface area contributed by atoms with Gasteiger partial charge in [-0.15, -0.1) is 0 Å². The molecule has 4 nitrogen and oxygen atoms in total. The highest BCUT2D eigenvalue weighted by molar-refractivity contribution is 9.10. The molecule has 1 aromatic carbocycles. The van der Waals surface area contributed by atoms with Gasteiger partial charge in [0.15, 0.2) is 0 Å². The van der Waals surface area contributed by atoms with Crippen LogP contribution in [0, 0.1) is 0 Å². The van der Waals surface area contributed by atoms with Crippen molar-refractivity contribution < 1.29 is 9.53 Å². The lowest BCUT2D eigenvalue weighted by atomic mass is 10.1. The Labute approximate surface area is 109 Å². The molecule has 1 aliphatic rings. The fourth-order valence-corrected chi connectivity index (χ4v) is 2.01. The number of carbonyl (C=O) groups excluding carboxylic acids is 1. The van der Waals surface area contributed by atoms with Crippen molar-refractivity contribution in [3.8, 4) is 5.75 Å². The molecule has 0 aromatic heterocycles. The van der Waals surface area contributed by atoms with Crippen molar-refractivity contribution in [2.75, 3.05) is 13.1 Å². The smallest absolute Gasteiger partial charge is 0.410 e. The van der Waals surface area contributed by atoms with Crippen LogP contribution in [0.25, 0.3) is 0 Å². The predicted molar refractivity (Wildman–Crippen MR) is 68.9 cm³/mol. The van der Waals surface area contributed by atoms with Gasteiger partial charge in [0, 0.05) is 23.6 Å². The van der Waals surface area contributed by atoms with E-state index in [0.717, 1.165) is 17.3 Å². The van der Waals surface area contributed by atoms with E-state index >= 15 is 0 Å². The second kappa shape index (κ2) is 5.51. The SMILES string of the molecule is NC1CCN(C(=O)Oc2ccc(Br)cc2)CC1. The predicted octanol–water partition coefficient (Wildman–Crippen LogP) is 2.37. The lowest BCUT2D eigenvalue weighted by Gasteiger charge is -2.29. The lowest BCUT2D eigenvalue weighted by Crippen LogP contribution is -2.44. The van der Waals surface area contributed by atoms with Crippen molar-refractivity contribution in [3.63, 3.8) is 0 Å². The van der Waals surface area contributed by atoms with E-state index in [1.165, 1.54) is 0 Å². The zero-order valence-electron chi connectivity index (χ0n) is 9.43. The molecule has 1 fully saturated rings. The van der Waals surface area contributed by atoms with Crippen LogP contribution in [0.5, 0.6) is 5.75 Å². The second-order valence-corrected chi connectivity index (χ2v) is 5.06. The van der Waals surface area contributed by atoms with Gasteiger partial charge in [-0.2, -0.15) is 0 Å². The molecule has 0 radical (unpaired) electrons. The van der Waals surface area contributed by atoms with Gasteiger partial charge in [-0.1, -0.05) is 15.9 Å². The van der Waals surface area contributed by atoms with Crippen molar-refractivity contribution >= 4 is 22.0 Å². The third-order valence-corrected chi connectivity index (χ3v) is 3.35. The van der Waals surface area contributed by atoms with Gasteiger partial charge in [0.25, 0.3) is 0 Å². The number of carbonyl (C=O) groups is 1. The van der Waals surface area contributed by atoms with Gasteiger partial charge in [0.05, 0.1) is 0 Å². The first kappa shape index (κ1) is 12.4. The zero-order chi connectivity index (χ0) is 12.3. The molecule has 1 heterocycles. The molecule has 5 heteroatoms. The largest absolute Gasteiger partial charge is 0.415 e. The maximum absolute atomic E-state index is 11.8. The van der Waals surface area contributed by atoms with Crippen molar-refractivity contribution in [1.29, 1.82) is 0 Å². The molecule has 1 aromatic rings. The maximum Gasteiger partial charge on any atom is 0.415 e. The van der Waals surface area contributed by atoms with Crippen LogP contribution in [0.2, 0.25) is 0 Å². The highest BCUT2D eigenvalue weighted by atomic mass is 79.9. The average molecular weight is 299 g/mol. The molecule has 1 aliphatic heterocycles. The first-order valence-electron chi connectivity index (χ1n) is 5.63. The van der Waals surface area contributed by atoms with Crippen LogP contribution in [0.4, 0.5) is 4.79 Å². The Bertz CT molecular complexity index is 386. The highest BCUT2D eigenvalue weighted by Gasteiger charge is 2.21. The third kappa shape index (κ3) is 3.44. The summed E-state index contributed by atoms with van der Waals surface area (Å²) in [7, 11) is 0. The summed E-state index contributed by atoms with van der Waals surface area (Å²) >= 11 is 3.33. The Hall–Kier alpha value is -1.07. The van der Waals surface area contributed by atoms with Gasteiger partial charge in [-0.3, -0.25) is 0 Å². The molecular weight excluding hydrogens is 284 g/mol. The molecule has 0 saturated carbocycles. The summed E-state index contributed by atoms with van der Waals surface area (Å²) in [5.74, 6) is 0.563. The van der Waals surface area contributed by atoms with E-state index in [2.05, 4.69) is 15.9 Å². The molecule has 17 heavy (non-hydrogen) atoms. The van der Waals surface area contributed by atoms with Crippen LogP contribution in [-0.4, -0.2) is 30.1 Å². The summed E-state index contributed by atoms with van der Waals surface area (Å²) in [5.41, 5.74) is 5.78. The van der Waals surface area contributed by atoms with Crippen LogP contribution in [0.3, 0.4) is 0 Å². The lowest BCUT2D eigenvalue weighted by molar-refractivity contribution is 0.139. The maximum atomic E-state index is 11.8. The quantitative estimate of drug-likeness (QED) is 0.866. The number of nitrogens with two attached hydrogens (primary N) is 1. The minimum absolute atomic E-state index is 0.215. The van der Waals surface area contributed by atoms with Gasteiger partial charge in [0.1, 0.15) is 5.75 Å². The first-order chi connectivity index (χ1) is 8.15. The van der Waals surface area contributed by atoms with Gasteiger partial charge in [0.2, 0.25) is 0 Å². The Morgan fingerprint density at radius 2 is 1.88 bits per heavy atom. The number of hydrogen-bond donors (Lipinski definition) is 1. The number of amides is 1. The molecule has 1 saturated heterocycles. The molecule has 92 valence electrons. The number of benzene rings is 1. The van der Waals surface area contributed by atoms with Gasteiger partial charge >= 0.3 is 6.09 Å². The van der Waals surface area contributed by atoms with Crippen molar-refractivity contribution in [2.45, 2.75) is 18.9 Å². The van der Waals surface area contributed by atoms with Crippen molar-refractivity contribution in [3.05, 3.63) is 28.7 Å². The fraction of sp³-hybridized carbons (Fsp3) is 0.417. The third-order valence-electron chi connectivity index (χ3n) is 2.82. The summed E-state index contributed by atoms with van der Waals surface area (Å²) in [6, 6.07) is 7.42. The molecule has 0 atom stereocenters. The number of rotatable bonds is 1. The number of piperidine rings is 1. The van der Waals surface area contributed by atoms with Gasteiger partial charge in [-0.25, -0.2) is 4.79 Å². The summed E-state index contributed by atoms with van der Waals surface area (Å²) in [5, 5.41) is 0. The molecule has 0 spiro atoms.